The third-order valence-electron chi connectivity index (χ3n) is 3.31. The Morgan fingerprint density at radius 3 is 2.65 bits per heavy atom. The minimum absolute atomic E-state index is 0.0484. The average Bonchev–Trinajstić information content (AvgIpc) is 2.68. The summed E-state index contributed by atoms with van der Waals surface area (Å²) in [6, 6.07) is -0.275. The maximum absolute atomic E-state index is 11.6. The normalized spacial score (nSPS) is 29.1. The molecule has 0 bridgehead atoms. The zero-order chi connectivity index (χ0) is 12.3. The molecule has 1 aliphatic heterocycles. The Kier molecular flexibility index (Phi) is 4.04. The van der Waals surface area contributed by atoms with E-state index in [4.69, 9.17) is 4.74 Å². The molecule has 17 heavy (non-hydrogen) atoms. The van der Waals surface area contributed by atoms with Crippen LogP contribution in [0.5, 0.6) is 0 Å². The Morgan fingerprint density at radius 1 is 1.29 bits per heavy atom. The van der Waals surface area contributed by atoms with E-state index in [0.717, 1.165) is 25.7 Å². The number of hydrogen-bond acceptors (Lipinski definition) is 5. The van der Waals surface area contributed by atoms with Gasteiger partial charge >= 0.3 is 5.97 Å². The van der Waals surface area contributed by atoms with E-state index in [9.17, 15) is 13.2 Å². The van der Waals surface area contributed by atoms with Gasteiger partial charge in [-0.1, -0.05) is 0 Å². The van der Waals surface area contributed by atoms with Crippen molar-refractivity contribution in [3.63, 3.8) is 0 Å². The topological polar surface area (TPSA) is 72.5 Å². The van der Waals surface area contributed by atoms with Gasteiger partial charge in [-0.2, -0.15) is 0 Å². The van der Waals surface area contributed by atoms with Gasteiger partial charge in [0.1, 0.15) is 6.10 Å². The van der Waals surface area contributed by atoms with E-state index in [1.54, 1.807) is 0 Å². The van der Waals surface area contributed by atoms with Crippen molar-refractivity contribution >= 4 is 15.8 Å². The summed E-state index contributed by atoms with van der Waals surface area (Å²) in [5, 5.41) is 3.05. The highest BCUT2D eigenvalue weighted by Gasteiger charge is 2.27. The van der Waals surface area contributed by atoms with Crippen LogP contribution < -0.4 is 5.32 Å². The Balaban J connectivity index is 1.77. The first kappa shape index (κ1) is 12.8. The van der Waals surface area contributed by atoms with Crippen LogP contribution >= 0.6 is 0 Å². The van der Waals surface area contributed by atoms with E-state index >= 15 is 0 Å². The van der Waals surface area contributed by atoms with Crippen molar-refractivity contribution in [2.75, 3.05) is 18.1 Å². The highest BCUT2D eigenvalue weighted by Crippen LogP contribution is 2.21. The van der Waals surface area contributed by atoms with E-state index in [2.05, 4.69) is 5.32 Å². The molecule has 1 atom stereocenters. The first-order valence-corrected chi connectivity index (χ1v) is 8.00. The summed E-state index contributed by atoms with van der Waals surface area (Å²) in [7, 11) is -2.98. The number of ether oxygens (including phenoxy) is 1. The van der Waals surface area contributed by atoms with Crippen molar-refractivity contribution < 1.29 is 17.9 Å². The van der Waals surface area contributed by atoms with Crippen molar-refractivity contribution in [2.45, 2.75) is 44.2 Å². The summed E-state index contributed by atoms with van der Waals surface area (Å²) in [5.74, 6) is -0.0555. The van der Waals surface area contributed by atoms with Crippen LogP contribution in [0.1, 0.15) is 32.1 Å². The summed E-state index contributed by atoms with van der Waals surface area (Å²) in [5.41, 5.74) is 0. The molecule has 1 unspecified atom stereocenters. The van der Waals surface area contributed by atoms with Gasteiger partial charge in [-0.3, -0.25) is 4.79 Å². The zero-order valence-corrected chi connectivity index (χ0v) is 10.7. The number of rotatable bonds is 3. The molecule has 2 aliphatic rings. The molecule has 0 aromatic heterocycles. The van der Waals surface area contributed by atoms with Crippen LogP contribution in [0.25, 0.3) is 0 Å². The average molecular weight is 261 g/mol. The van der Waals surface area contributed by atoms with Crippen LogP contribution in [-0.2, 0) is 19.4 Å². The molecule has 0 aromatic carbocycles. The Hall–Kier alpha value is -0.620. The Morgan fingerprint density at radius 2 is 2.00 bits per heavy atom. The number of carbonyl (C=O) groups excluding carboxylic acids is 1. The molecular weight excluding hydrogens is 242 g/mol. The fourth-order valence-corrected chi connectivity index (χ4v) is 3.88. The van der Waals surface area contributed by atoms with Gasteiger partial charge in [0.2, 0.25) is 0 Å². The van der Waals surface area contributed by atoms with E-state index in [1.165, 1.54) is 0 Å². The lowest BCUT2D eigenvalue weighted by Gasteiger charge is -2.23. The highest BCUT2D eigenvalue weighted by atomic mass is 32.2. The zero-order valence-electron chi connectivity index (χ0n) is 9.85. The molecule has 1 saturated heterocycles. The van der Waals surface area contributed by atoms with E-state index in [-0.39, 0.29) is 36.0 Å². The lowest BCUT2D eigenvalue weighted by atomic mass is 10.2. The van der Waals surface area contributed by atoms with E-state index < -0.39 is 9.84 Å². The second-order valence-electron chi connectivity index (χ2n) is 4.87. The predicted molar refractivity (Wildman–Crippen MR) is 63.4 cm³/mol. The predicted octanol–water partition coefficient (Wildman–Crippen LogP) is 0.249. The van der Waals surface area contributed by atoms with Crippen molar-refractivity contribution in [1.82, 2.24) is 5.32 Å². The summed E-state index contributed by atoms with van der Waals surface area (Å²) < 4.78 is 28.1. The minimum Gasteiger partial charge on any atom is -0.462 e. The number of sulfone groups is 1. The summed E-state index contributed by atoms with van der Waals surface area (Å²) >= 11 is 0. The van der Waals surface area contributed by atoms with Gasteiger partial charge in [0.15, 0.2) is 9.84 Å². The van der Waals surface area contributed by atoms with Crippen molar-refractivity contribution in [3.05, 3.63) is 0 Å². The molecule has 5 nitrogen and oxygen atoms in total. The lowest BCUT2D eigenvalue weighted by Crippen LogP contribution is -2.46. The molecule has 1 heterocycles. The second-order valence-corrected chi connectivity index (χ2v) is 7.09. The smallest absolute Gasteiger partial charge is 0.307 e. The van der Waals surface area contributed by atoms with Gasteiger partial charge < -0.3 is 10.1 Å². The van der Waals surface area contributed by atoms with Gasteiger partial charge in [0.05, 0.1) is 17.9 Å². The molecule has 6 heteroatoms. The van der Waals surface area contributed by atoms with Crippen LogP contribution in [0.2, 0.25) is 0 Å². The van der Waals surface area contributed by atoms with E-state index in [1.807, 2.05) is 0 Å². The van der Waals surface area contributed by atoms with Crippen molar-refractivity contribution in [1.29, 1.82) is 0 Å². The molecule has 1 N–H and O–H groups in total. The molecule has 1 aliphatic carbocycles. The van der Waals surface area contributed by atoms with Crippen LogP contribution in [-0.4, -0.2) is 44.6 Å². The van der Waals surface area contributed by atoms with Gasteiger partial charge in [-0.25, -0.2) is 8.42 Å². The van der Waals surface area contributed by atoms with Crippen molar-refractivity contribution in [2.24, 2.45) is 0 Å². The molecule has 98 valence electrons. The second kappa shape index (κ2) is 5.35. The summed E-state index contributed by atoms with van der Waals surface area (Å²) in [4.78, 5) is 11.6. The monoisotopic (exact) mass is 261 g/mol. The fourth-order valence-electron chi connectivity index (χ4n) is 2.44. The largest absolute Gasteiger partial charge is 0.462 e. The minimum atomic E-state index is -2.98. The molecule has 2 rings (SSSR count). The van der Waals surface area contributed by atoms with Gasteiger partial charge in [0.25, 0.3) is 0 Å². The number of esters is 1. The molecule has 0 spiro atoms. The molecular formula is C11H19NO4S. The summed E-state index contributed by atoms with van der Waals surface area (Å²) in [6.07, 6.45) is 4.35. The third kappa shape index (κ3) is 3.96. The standard InChI is InChI=1S/C11H19NO4S/c13-11(16-10-3-1-2-4-10)7-9-8-17(14,15)6-5-12-9/h9-10,12H,1-8H2. The first-order chi connectivity index (χ1) is 8.05. The van der Waals surface area contributed by atoms with Crippen LogP contribution in [0.4, 0.5) is 0 Å². The number of hydrogen-bond donors (Lipinski definition) is 1. The van der Waals surface area contributed by atoms with Crippen LogP contribution in [0.15, 0.2) is 0 Å². The molecule has 2 fully saturated rings. The maximum atomic E-state index is 11.6. The number of nitrogens with one attached hydrogen (secondary N) is 1. The summed E-state index contributed by atoms with van der Waals surface area (Å²) in [6.45, 7) is 0.434. The molecule has 1 saturated carbocycles. The van der Waals surface area contributed by atoms with E-state index in [0.29, 0.717) is 6.54 Å². The van der Waals surface area contributed by atoms with Crippen LogP contribution in [0.3, 0.4) is 0 Å². The fraction of sp³-hybridized carbons (Fsp3) is 0.909. The Bertz CT molecular complexity index is 373. The quantitative estimate of drug-likeness (QED) is 0.737. The third-order valence-corrected chi connectivity index (χ3v) is 5.05. The first-order valence-electron chi connectivity index (χ1n) is 6.18. The van der Waals surface area contributed by atoms with Crippen molar-refractivity contribution in [3.8, 4) is 0 Å². The van der Waals surface area contributed by atoms with Crippen LogP contribution in [0, 0.1) is 0 Å². The lowest BCUT2D eigenvalue weighted by molar-refractivity contribution is -0.149. The maximum Gasteiger partial charge on any atom is 0.307 e. The van der Waals surface area contributed by atoms with Gasteiger partial charge in [-0.15, -0.1) is 0 Å². The van der Waals surface area contributed by atoms with Gasteiger partial charge in [-0.05, 0) is 25.7 Å². The molecule has 0 aromatic rings. The Labute approximate surface area is 102 Å². The molecule has 0 radical (unpaired) electrons. The molecule has 0 amide bonds. The SMILES string of the molecule is O=C(CC1CS(=O)(=O)CCN1)OC1CCCC1. The number of carbonyl (C=O) groups is 1. The van der Waals surface area contributed by atoms with Gasteiger partial charge in [0, 0.05) is 12.6 Å². The highest BCUT2D eigenvalue weighted by molar-refractivity contribution is 7.91.